The van der Waals surface area contributed by atoms with Gasteiger partial charge in [0.1, 0.15) is 5.75 Å². The number of rotatable bonds is 9. The number of hydrogen-bond acceptors (Lipinski definition) is 4. The Balaban J connectivity index is 0.000000865. The van der Waals surface area contributed by atoms with Crippen LogP contribution in [0.3, 0.4) is 0 Å². The standard InChI is InChI=1S/C27H35N3O2S.C4H8/c1-19-9-7-8-10-22(19)16-23-17-24(29(4)5)11-13-26(23)30(18-21(3)28)33(31)25-12-14-27(32-6)20(2)15-25;1-4-2-3-4/h8,10-15,17H,3,7,9,16,18,28H2,1-2,4-6H3;4H,2-3H2,1H3. The summed E-state index contributed by atoms with van der Waals surface area (Å²) < 4.78 is 21.0. The second-order valence-electron chi connectivity index (χ2n) is 10.4. The number of nitrogens with zero attached hydrogens (tertiary/aromatic N) is 2. The highest BCUT2D eigenvalue weighted by Crippen LogP contribution is 2.33. The largest absolute Gasteiger partial charge is 0.496 e. The first-order valence-electron chi connectivity index (χ1n) is 13.0. The second kappa shape index (κ2) is 13.0. The summed E-state index contributed by atoms with van der Waals surface area (Å²) in [6.07, 6.45) is 10.4. The zero-order valence-corrected chi connectivity index (χ0v) is 24.2. The summed E-state index contributed by atoms with van der Waals surface area (Å²) in [4.78, 5) is 2.78. The maximum absolute atomic E-state index is 13.8. The zero-order valence-electron chi connectivity index (χ0n) is 23.3. The molecule has 0 radical (unpaired) electrons. The summed E-state index contributed by atoms with van der Waals surface area (Å²) in [5.41, 5.74) is 13.3. The first kappa shape index (κ1) is 28.6. The van der Waals surface area contributed by atoms with E-state index in [2.05, 4.69) is 49.6 Å². The third-order valence-electron chi connectivity index (χ3n) is 6.76. The van der Waals surface area contributed by atoms with Gasteiger partial charge in [-0.3, -0.25) is 4.31 Å². The monoisotopic (exact) mass is 521 g/mol. The van der Waals surface area contributed by atoms with E-state index in [9.17, 15) is 4.21 Å². The molecule has 1 atom stereocenters. The van der Waals surface area contributed by atoms with Gasteiger partial charge in [-0.05, 0) is 92.1 Å². The Hall–Kier alpha value is -2.99. The number of allylic oxidation sites excluding steroid dienone is 4. The fourth-order valence-corrected chi connectivity index (χ4v) is 5.51. The van der Waals surface area contributed by atoms with E-state index in [1.54, 1.807) is 7.11 Å². The maximum atomic E-state index is 13.8. The van der Waals surface area contributed by atoms with Crippen LogP contribution >= 0.6 is 0 Å². The van der Waals surface area contributed by atoms with Gasteiger partial charge in [0, 0.05) is 25.5 Å². The van der Waals surface area contributed by atoms with E-state index in [1.807, 2.05) is 49.6 Å². The molecule has 1 fully saturated rings. The van der Waals surface area contributed by atoms with Crippen LogP contribution in [0.2, 0.25) is 0 Å². The van der Waals surface area contributed by atoms with E-state index in [1.165, 1.54) is 24.0 Å². The van der Waals surface area contributed by atoms with E-state index in [0.717, 1.165) is 53.4 Å². The molecule has 0 saturated heterocycles. The van der Waals surface area contributed by atoms with Gasteiger partial charge in [-0.25, -0.2) is 4.21 Å². The number of methoxy groups -OCH3 is 1. The van der Waals surface area contributed by atoms with Gasteiger partial charge in [0.05, 0.1) is 24.2 Å². The van der Waals surface area contributed by atoms with Crippen molar-refractivity contribution in [3.8, 4) is 5.75 Å². The Bertz CT molecular complexity index is 1190. The van der Waals surface area contributed by atoms with Crippen LogP contribution in [-0.2, 0) is 17.4 Å². The molecule has 5 nitrogen and oxygen atoms in total. The lowest BCUT2D eigenvalue weighted by atomic mass is 9.93. The maximum Gasteiger partial charge on any atom is 0.153 e. The molecule has 2 aromatic carbocycles. The fourth-order valence-electron chi connectivity index (χ4n) is 4.15. The van der Waals surface area contributed by atoms with Crippen molar-refractivity contribution >= 4 is 22.4 Å². The van der Waals surface area contributed by atoms with Crippen molar-refractivity contribution in [1.82, 2.24) is 0 Å². The van der Waals surface area contributed by atoms with E-state index in [0.29, 0.717) is 17.1 Å². The number of nitrogens with two attached hydrogens (primary N) is 1. The van der Waals surface area contributed by atoms with E-state index in [-0.39, 0.29) is 0 Å². The molecular formula is C31H43N3O2S. The van der Waals surface area contributed by atoms with Crippen LogP contribution < -0.4 is 19.7 Å². The van der Waals surface area contributed by atoms with Crippen molar-refractivity contribution in [3.05, 3.63) is 83.1 Å². The van der Waals surface area contributed by atoms with E-state index in [4.69, 9.17) is 10.5 Å². The molecule has 2 aromatic rings. The summed E-state index contributed by atoms with van der Waals surface area (Å²) in [7, 11) is 4.23. The van der Waals surface area contributed by atoms with Crippen molar-refractivity contribution < 1.29 is 8.95 Å². The summed E-state index contributed by atoms with van der Waals surface area (Å²) in [5, 5.41) is 0. The topological polar surface area (TPSA) is 58.8 Å². The van der Waals surface area contributed by atoms with Crippen LogP contribution in [0.15, 0.2) is 76.9 Å². The normalized spacial score (nSPS) is 15.5. The van der Waals surface area contributed by atoms with E-state index < -0.39 is 11.0 Å². The average Bonchev–Trinajstić information content (AvgIpc) is 3.65. The van der Waals surface area contributed by atoms with Crippen LogP contribution in [0.1, 0.15) is 50.7 Å². The van der Waals surface area contributed by atoms with Gasteiger partial charge < -0.3 is 15.4 Å². The summed E-state index contributed by atoms with van der Waals surface area (Å²) in [5.74, 6) is 1.85. The molecule has 2 N–H and O–H groups in total. The second-order valence-corrected chi connectivity index (χ2v) is 11.8. The minimum atomic E-state index is -1.47. The van der Waals surface area contributed by atoms with Crippen molar-refractivity contribution in [2.45, 2.75) is 57.8 Å². The number of ether oxygens (including phenoxy) is 1. The molecule has 6 heteroatoms. The highest BCUT2D eigenvalue weighted by atomic mass is 32.2. The van der Waals surface area contributed by atoms with Gasteiger partial charge in [-0.2, -0.15) is 0 Å². The minimum Gasteiger partial charge on any atom is -0.496 e. The quantitative estimate of drug-likeness (QED) is 0.399. The Morgan fingerprint density at radius 3 is 2.41 bits per heavy atom. The Morgan fingerprint density at radius 2 is 1.86 bits per heavy atom. The predicted molar refractivity (Wildman–Crippen MR) is 159 cm³/mol. The van der Waals surface area contributed by atoms with Crippen molar-refractivity contribution in [2.75, 3.05) is 37.0 Å². The Morgan fingerprint density at radius 1 is 1.16 bits per heavy atom. The van der Waals surface area contributed by atoms with Gasteiger partial charge >= 0.3 is 0 Å². The molecule has 2 aliphatic carbocycles. The van der Waals surface area contributed by atoms with Crippen LogP contribution in [-0.4, -0.2) is 32.0 Å². The SMILES string of the molecule is C=C(N)CN(c1ccc(N(C)C)cc1CC1=C(C)CCC=C1)S(=O)c1ccc(OC)c(C)c1.CC1CC1. The third kappa shape index (κ3) is 8.00. The fraction of sp³-hybridized carbons (Fsp3) is 0.419. The smallest absolute Gasteiger partial charge is 0.153 e. The molecule has 0 heterocycles. The molecule has 0 aliphatic heterocycles. The van der Waals surface area contributed by atoms with Gasteiger partial charge in [-0.15, -0.1) is 0 Å². The lowest BCUT2D eigenvalue weighted by Crippen LogP contribution is -2.31. The molecule has 2 aliphatic rings. The Labute approximate surface area is 226 Å². The number of benzene rings is 2. The third-order valence-corrected chi connectivity index (χ3v) is 8.15. The number of hydrogen-bond donors (Lipinski definition) is 1. The van der Waals surface area contributed by atoms with E-state index >= 15 is 0 Å². The molecule has 37 heavy (non-hydrogen) atoms. The molecule has 1 saturated carbocycles. The predicted octanol–water partition coefficient (Wildman–Crippen LogP) is 6.70. The van der Waals surface area contributed by atoms with Crippen LogP contribution in [0.4, 0.5) is 11.4 Å². The molecular weight excluding hydrogens is 478 g/mol. The summed E-state index contributed by atoms with van der Waals surface area (Å²) in [6, 6.07) is 11.9. The molecule has 4 rings (SSSR count). The number of anilines is 2. The molecule has 0 bridgehead atoms. The average molecular weight is 522 g/mol. The lowest BCUT2D eigenvalue weighted by Gasteiger charge is -2.28. The molecule has 200 valence electrons. The number of aryl methyl sites for hydroxylation is 1. The molecule has 0 amide bonds. The highest BCUT2D eigenvalue weighted by Gasteiger charge is 2.22. The molecule has 1 unspecified atom stereocenters. The van der Waals surface area contributed by atoms with Gasteiger partial charge in [0.2, 0.25) is 0 Å². The molecule has 0 aromatic heterocycles. The van der Waals surface area contributed by atoms with Gasteiger partial charge in [0.15, 0.2) is 11.0 Å². The zero-order chi connectivity index (χ0) is 27.1. The van der Waals surface area contributed by atoms with Crippen molar-refractivity contribution in [3.63, 3.8) is 0 Å². The van der Waals surface area contributed by atoms with Gasteiger partial charge in [-0.1, -0.05) is 44.1 Å². The van der Waals surface area contributed by atoms with Crippen LogP contribution in [0.5, 0.6) is 5.75 Å². The summed E-state index contributed by atoms with van der Waals surface area (Å²) in [6.45, 7) is 10.6. The summed E-state index contributed by atoms with van der Waals surface area (Å²) >= 11 is 0. The highest BCUT2D eigenvalue weighted by molar-refractivity contribution is 7.86. The van der Waals surface area contributed by atoms with Crippen molar-refractivity contribution in [1.29, 1.82) is 0 Å². The first-order valence-corrected chi connectivity index (χ1v) is 14.1. The van der Waals surface area contributed by atoms with Crippen LogP contribution in [0.25, 0.3) is 0 Å². The lowest BCUT2D eigenvalue weighted by molar-refractivity contribution is 0.411. The first-order chi connectivity index (χ1) is 17.6. The van der Waals surface area contributed by atoms with Gasteiger partial charge in [0.25, 0.3) is 0 Å². The minimum absolute atomic E-state index is 0.292. The van der Waals surface area contributed by atoms with Crippen LogP contribution in [0, 0.1) is 12.8 Å². The molecule has 0 spiro atoms. The van der Waals surface area contributed by atoms with Crippen molar-refractivity contribution in [2.24, 2.45) is 11.7 Å². The Kier molecular flexibility index (Phi) is 10.0.